The summed E-state index contributed by atoms with van der Waals surface area (Å²) in [4.78, 5) is 22.5. The number of hydrogen-bond donors (Lipinski definition) is 0. The third kappa shape index (κ3) is 3.46. The largest absolute Gasteiger partial charge is 0.457 e. The van der Waals surface area contributed by atoms with E-state index in [1.54, 1.807) is 31.2 Å². The zero-order valence-corrected chi connectivity index (χ0v) is 12.2. The fourth-order valence-corrected chi connectivity index (χ4v) is 1.96. The van der Waals surface area contributed by atoms with Crippen molar-refractivity contribution in [1.82, 2.24) is 15.0 Å². The van der Waals surface area contributed by atoms with Crippen LogP contribution in [-0.4, -0.2) is 19.9 Å². The van der Waals surface area contributed by atoms with Gasteiger partial charge in [0.1, 0.15) is 23.7 Å². The lowest BCUT2D eigenvalue weighted by atomic mass is 10.2. The summed E-state index contributed by atoms with van der Waals surface area (Å²) in [5.41, 5.74) is 0.879. The SMILES string of the molecule is Cc1ncnc(-c2ccc(Oc3ccc([N+](=O)[O-])cc3)cc2)n1. The second-order valence-electron chi connectivity index (χ2n) is 4.73. The van der Waals surface area contributed by atoms with Crippen LogP contribution in [0.4, 0.5) is 5.69 Å². The van der Waals surface area contributed by atoms with E-state index < -0.39 is 4.92 Å². The third-order valence-electron chi connectivity index (χ3n) is 3.09. The number of hydrogen-bond acceptors (Lipinski definition) is 6. The number of benzene rings is 2. The summed E-state index contributed by atoms with van der Waals surface area (Å²) < 4.78 is 5.65. The molecule has 114 valence electrons. The Morgan fingerprint density at radius 2 is 1.57 bits per heavy atom. The molecular formula is C16H12N4O3. The molecule has 0 saturated carbocycles. The van der Waals surface area contributed by atoms with E-state index in [1.807, 2.05) is 12.1 Å². The Morgan fingerprint density at radius 1 is 0.957 bits per heavy atom. The Morgan fingerprint density at radius 3 is 2.13 bits per heavy atom. The summed E-state index contributed by atoms with van der Waals surface area (Å²) in [7, 11) is 0. The lowest BCUT2D eigenvalue weighted by molar-refractivity contribution is -0.384. The molecule has 1 heterocycles. The summed E-state index contributed by atoms with van der Waals surface area (Å²) in [5.74, 6) is 2.40. The van der Waals surface area contributed by atoms with Crippen molar-refractivity contribution in [3.05, 3.63) is 70.8 Å². The molecule has 0 unspecified atom stereocenters. The zero-order valence-electron chi connectivity index (χ0n) is 12.2. The van der Waals surface area contributed by atoms with Crippen LogP contribution in [0.25, 0.3) is 11.4 Å². The van der Waals surface area contributed by atoms with Crippen molar-refractivity contribution >= 4 is 5.69 Å². The van der Waals surface area contributed by atoms with Crippen molar-refractivity contribution in [2.45, 2.75) is 6.92 Å². The maximum atomic E-state index is 10.6. The maximum absolute atomic E-state index is 10.6. The Balaban J connectivity index is 1.76. The molecule has 7 heteroatoms. The maximum Gasteiger partial charge on any atom is 0.269 e. The molecule has 0 saturated heterocycles. The number of ether oxygens (including phenoxy) is 1. The Bertz CT molecular complexity index is 833. The first-order chi connectivity index (χ1) is 11.1. The zero-order chi connectivity index (χ0) is 16.2. The van der Waals surface area contributed by atoms with Crippen LogP contribution >= 0.6 is 0 Å². The fraction of sp³-hybridized carbons (Fsp3) is 0.0625. The molecule has 23 heavy (non-hydrogen) atoms. The average Bonchev–Trinajstić information content (AvgIpc) is 2.56. The van der Waals surface area contributed by atoms with E-state index in [0.29, 0.717) is 23.1 Å². The lowest BCUT2D eigenvalue weighted by Crippen LogP contribution is -1.94. The molecule has 0 aliphatic carbocycles. The average molecular weight is 308 g/mol. The van der Waals surface area contributed by atoms with E-state index in [2.05, 4.69) is 15.0 Å². The summed E-state index contributed by atoms with van der Waals surface area (Å²) in [6, 6.07) is 13.2. The van der Waals surface area contributed by atoms with Gasteiger partial charge < -0.3 is 4.74 Å². The molecule has 2 aromatic carbocycles. The summed E-state index contributed by atoms with van der Waals surface area (Å²) in [6.45, 7) is 1.80. The highest BCUT2D eigenvalue weighted by atomic mass is 16.6. The number of aryl methyl sites for hydroxylation is 1. The van der Waals surface area contributed by atoms with Gasteiger partial charge in [0, 0.05) is 17.7 Å². The highest BCUT2D eigenvalue weighted by molar-refractivity contribution is 5.56. The standard InChI is InChI=1S/C16H12N4O3/c1-11-17-10-18-16(19-11)12-2-6-14(7-3-12)23-15-8-4-13(5-9-15)20(21)22/h2-10H,1H3. The monoisotopic (exact) mass is 308 g/mol. The molecule has 0 atom stereocenters. The Kier molecular flexibility index (Phi) is 3.92. The molecule has 0 N–H and O–H groups in total. The van der Waals surface area contributed by atoms with Gasteiger partial charge in [0.25, 0.3) is 5.69 Å². The van der Waals surface area contributed by atoms with E-state index in [0.717, 1.165) is 5.56 Å². The molecule has 0 radical (unpaired) electrons. The van der Waals surface area contributed by atoms with E-state index in [4.69, 9.17) is 4.74 Å². The predicted octanol–water partition coefficient (Wildman–Crippen LogP) is 3.55. The van der Waals surface area contributed by atoms with Gasteiger partial charge in [-0.3, -0.25) is 10.1 Å². The molecule has 3 aromatic rings. The first-order valence-electron chi connectivity index (χ1n) is 6.80. The molecule has 3 rings (SSSR count). The normalized spacial score (nSPS) is 10.3. The number of aromatic nitrogens is 3. The fourth-order valence-electron chi connectivity index (χ4n) is 1.96. The highest BCUT2D eigenvalue weighted by Crippen LogP contribution is 2.25. The molecule has 0 bridgehead atoms. The molecule has 0 aliphatic heterocycles. The van der Waals surface area contributed by atoms with Crippen molar-refractivity contribution in [2.24, 2.45) is 0 Å². The minimum Gasteiger partial charge on any atom is -0.457 e. The first-order valence-corrected chi connectivity index (χ1v) is 6.80. The van der Waals surface area contributed by atoms with Crippen molar-refractivity contribution in [3.8, 4) is 22.9 Å². The molecule has 0 fully saturated rings. The summed E-state index contributed by atoms with van der Waals surface area (Å²) in [5, 5.41) is 10.6. The van der Waals surface area contributed by atoms with Gasteiger partial charge in [0.2, 0.25) is 0 Å². The van der Waals surface area contributed by atoms with Crippen molar-refractivity contribution in [3.63, 3.8) is 0 Å². The third-order valence-corrected chi connectivity index (χ3v) is 3.09. The van der Waals surface area contributed by atoms with Gasteiger partial charge in [-0.2, -0.15) is 0 Å². The van der Waals surface area contributed by atoms with Gasteiger partial charge in [-0.25, -0.2) is 15.0 Å². The summed E-state index contributed by atoms with van der Waals surface area (Å²) in [6.07, 6.45) is 1.47. The number of nitro benzene ring substituents is 1. The minimum absolute atomic E-state index is 0.0258. The number of non-ortho nitro benzene ring substituents is 1. The van der Waals surface area contributed by atoms with Gasteiger partial charge >= 0.3 is 0 Å². The topological polar surface area (TPSA) is 91.0 Å². The predicted molar refractivity (Wildman–Crippen MR) is 83.2 cm³/mol. The number of nitro groups is 1. The van der Waals surface area contributed by atoms with Crippen LogP contribution in [0.1, 0.15) is 5.82 Å². The number of rotatable bonds is 4. The molecule has 7 nitrogen and oxygen atoms in total. The molecule has 0 aliphatic rings. The van der Waals surface area contributed by atoms with Crippen molar-refractivity contribution < 1.29 is 9.66 Å². The van der Waals surface area contributed by atoms with Crippen LogP contribution < -0.4 is 4.74 Å². The van der Waals surface area contributed by atoms with Crippen LogP contribution in [0, 0.1) is 17.0 Å². The first kappa shape index (κ1) is 14.6. The molecule has 0 spiro atoms. The molecular weight excluding hydrogens is 296 g/mol. The second-order valence-corrected chi connectivity index (χ2v) is 4.73. The minimum atomic E-state index is -0.449. The van der Waals surface area contributed by atoms with E-state index in [9.17, 15) is 10.1 Å². The molecule has 0 amide bonds. The van der Waals surface area contributed by atoms with E-state index in [1.165, 1.54) is 18.5 Å². The van der Waals surface area contributed by atoms with Crippen LogP contribution in [-0.2, 0) is 0 Å². The van der Waals surface area contributed by atoms with Crippen molar-refractivity contribution in [1.29, 1.82) is 0 Å². The van der Waals surface area contributed by atoms with Gasteiger partial charge in [0.15, 0.2) is 5.82 Å². The van der Waals surface area contributed by atoms with Gasteiger partial charge in [-0.05, 0) is 43.3 Å². The van der Waals surface area contributed by atoms with E-state index in [-0.39, 0.29) is 5.69 Å². The van der Waals surface area contributed by atoms with Crippen molar-refractivity contribution in [2.75, 3.05) is 0 Å². The number of nitrogens with zero attached hydrogens (tertiary/aromatic N) is 4. The van der Waals surface area contributed by atoms with Gasteiger partial charge in [-0.1, -0.05) is 0 Å². The Labute approximate surface area is 131 Å². The van der Waals surface area contributed by atoms with Crippen LogP contribution in [0.2, 0.25) is 0 Å². The smallest absolute Gasteiger partial charge is 0.269 e. The highest BCUT2D eigenvalue weighted by Gasteiger charge is 2.06. The van der Waals surface area contributed by atoms with E-state index >= 15 is 0 Å². The van der Waals surface area contributed by atoms with Crippen LogP contribution in [0.3, 0.4) is 0 Å². The Hall–Kier alpha value is -3.35. The molecule has 1 aromatic heterocycles. The van der Waals surface area contributed by atoms with Crippen LogP contribution in [0.15, 0.2) is 54.9 Å². The summed E-state index contributed by atoms with van der Waals surface area (Å²) >= 11 is 0. The second kappa shape index (κ2) is 6.18. The van der Waals surface area contributed by atoms with Crippen LogP contribution in [0.5, 0.6) is 11.5 Å². The van der Waals surface area contributed by atoms with Gasteiger partial charge in [-0.15, -0.1) is 0 Å². The quantitative estimate of drug-likeness (QED) is 0.540. The lowest BCUT2D eigenvalue weighted by Gasteiger charge is -2.06. The van der Waals surface area contributed by atoms with Gasteiger partial charge in [0.05, 0.1) is 4.92 Å².